The van der Waals surface area contributed by atoms with Gasteiger partial charge in [0, 0.05) is 34.2 Å². The summed E-state index contributed by atoms with van der Waals surface area (Å²) in [6.45, 7) is 0.736. The summed E-state index contributed by atoms with van der Waals surface area (Å²) >= 11 is 3.64. The lowest BCUT2D eigenvalue weighted by atomic mass is 9.81. The molecule has 0 saturated carbocycles. The molecule has 3 nitrogen and oxygen atoms in total. The van der Waals surface area contributed by atoms with Gasteiger partial charge in [0.2, 0.25) is 0 Å². The Balaban J connectivity index is 1.79. The molecule has 2 aromatic carbocycles. The molecule has 2 N–H and O–H groups in total. The smallest absolute Gasteiger partial charge is 0.258 e. The molecule has 1 heterocycles. The van der Waals surface area contributed by atoms with Crippen LogP contribution in [0, 0.1) is 0 Å². The van der Waals surface area contributed by atoms with Gasteiger partial charge in [0.15, 0.2) is 0 Å². The Hall–Kier alpha value is -1.65. The highest BCUT2D eigenvalue weighted by Crippen LogP contribution is 2.46. The number of carbonyl (C=O) groups excluding carboxylic acids is 1. The quantitative estimate of drug-likeness (QED) is 0.850. The van der Waals surface area contributed by atoms with E-state index in [2.05, 4.69) is 22.0 Å². The van der Waals surface area contributed by atoms with E-state index in [1.807, 2.05) is 41.3 Å². The lowest BCUT2D eigenvalue weighted by Gasteiger charge is -2.26. The Morgan fingerprint density at radius 2 is 1.95 bits per heavy atom. The first-order valence-corrected chi connectivity index (χ1v) is 8.38. The van der Waals surface area contributed by atoms with Crippen LogP contribution in [0.25, 0.3) is 0 Å². The van der Waals surface area contributed by atoms with E-state index in [4.69, 9.17) is 5.73 Å². The summed E-state index contributed by atoms with van der Waals surface area (Å²) in [5.41, 5.74) is 10.6. The molecule has 1 aliphatic carbocycles. The van der Waals surface area contributed by atoms with Crippen molar-refractivity contribution in [1.29, 1.82) is 0 Å². The molecule has 112 valence electrons. The Morgan fingerprint density at radius 3 is 2.73 bits per heavy atom. The zero-order valence-corrected chi connectivity index (χ0v) is 13.7. The number of halogens is 1. The van der Waals surface area contributed by atoms with Crippen LogP contribution in [0.15, 0.2) is 46.9 Å². The first-order chi connectivity index (χ1) is 10.6. The molecular weight excluding hydrogens is 340 g/mol. The van der Waals surface area contributed by atoms with Gasteiger partial charge in [-0.25, -0.2) is 0 Å². The molecule has 0 aromatic heterocycles. The first-order valence-electron chi connectivity index (χ1n) is 7.59. The summed E-state index contributed by atoms with van der Waals surface area (Å²) < 4.78 is 1.11. The monoisotopic (exact) mass is 356 g/mol. The summed E-state index contributed by atoms with van der Waals surface area (Å²) in [4.78, 5) is 14.8. The van der Waals surface area contributed by atoms with Crippen LogP contribution in [0.1, 0.15) is 33.8 Å². The standard InChI is InChI=1S/C18H17BrN2O/c19-15-6-7-16-17-12(8-13(20)9-14(15)17)10-21(16)18(22)11-4-2-1-3-5-11/h1-7,12-13H,8-10,20H2/t12-,13-/m0/s1. The third-order valence-electron chi connectivity index (χ3n) is 4.70. The van der Waals surface area contributed by atoms with Crippen LogP contribution in [0.3, 0.4) is 0 Å². The van der Waals surface area contributed by atoms with Crippen molar-refractivity contribution in [3.63, 3.8) is 0 Å². The number of carbonyl (C=O) groups is 1. The fourth-order valence-corrected chi connectivity index (χ4v) is 4.27. The van der Waals surface area contributed by atoms with Crippen LogP contribution < -0.4 is 10.6 Å². The van der Waals surface area contributed by atoms with Crippen LogP contribution >= 0.6 is 15.9 Å². The van der Waals surface area contributed by atoms with Crippen LogP contribution in [-0.2, 0) is 6.42 Å². The van der Waals surface area contributed by atoms with Crippen molar-refractivity contribution in [2.45, 2.75) is 24.8 Å². The van der Waals surface area contributed by atoms with Gasteiger partial charge in [-0.1, -0.05) is 34.1 Å². The average molecular weight is 357 g/mol. The summed E-state index contributed by atoms with van der Waals surface area (Å²) in [6.07, 6.45) is 1.84. The van der Waals surface area contributed by atoms with Crippen molar-refractivity contribution in [3.8, 4) is 0 Å². The summed E-state index contributed by atoms with van der Waals surface area (Å²) in [5.74, 6) is 0.437. The lowest BCUT2D eigenvalue weighted by Crippen LogP contribution is -2.33. The average Bonchev–Trinajstić information content (AvgIpc) is 2.90. The van der Waals surface area contributed by atoms with Gasteiger partial charge in [-0.2, -0.15) is 0 Å². The molecule has 0 unspecified atom stereocenters. The maximum Gasteiger partial charge on any atom is 0.258 e. The molecule has 1 aliphatic heterocycles. The highest BCUT2D eigenvalue weighted by Gasteiger charge is 2.38. The molecular formula is C18H17BrN2O. The van der Waals surface area contributed by atoms with Crippen LogP contribution in [0.4, 0.5) is 5.69 Å². The Labute approximate surface area is 138 Å². The highest BCUT2D eigenvalue weighted by molar-refractivity contribution is 9.10. The number of benzene rings is 2. The molecule has 0 radical (unpaired) electrons. The molecule has 4 heteroatoms. The fraction of sp³-hybridized carbons (Fsp3) is 0.278. The number of nitrogens with zero attached hydrogens (tertiary/aromatic N) is 1. The van der Waals surface area contributed by atoms with Crippen LogP contribution in [-0.4, -0.2) is 18.5 Å². The molecule has 0 saturated heterocycles. The van der Waals surface area contributed by atoms with Gasteiger partial charge in [0.05, 0.1) is 0 Å². The lowest BCUT2D eigenvalue weighted by molar-refractivity contribution is 0.0988. The van der Waals surface area contributed by atoms with Gasteiger partial charge in [-0.05, 0) is 48.2 Å². The van der Waals surface area contributed by atoms with Crippen molar-refractivity contribution in [1.82, 2.24) is 0 Å². The second kappa shape index (κ2) is 5.21. The van der Waals surface area contributed by atoms with E-state index in [1.54, 1.807) is 0 Å². The van der Waals surface area contributed by atoms with E-state index >= 15 is 0 Å². The SMILES string of the molecule is N[C@@H]1Cc2c(Br)ccc3c2[C@@H](C1)CN3C(=O)c1ccccc1. The molecule has 1 amide bonds. The first kappa shape index (κ1) is 14.0. The van der Waals surface area contributed by atoms with Crippen molar-refractivity contribution >= 4 is 27.5 Å². The zero-order valence-electron chi connectivity index (χ0n) is 12.1. The van der Waals surface area contributed by atoms with Gasteiger partial charge in [0.1, 0.15) is 0 Å². The minimum Gasteiger partial charge on any atom is -0.327 e. The van der Waals surface area contributed by atoms with E-state index in [9.17, 15) is 4.79 Å². The predicted octanol–water partition coefficient (Wildman–Crippen LogP) is 3.47. The predicted molar refractivity (Wildman–Crippen MR) is 91.3 cm³/mol. The second-order valence-electron chi connectivity index (χ2n) is 6.14. The summed E-state index contributed by atoms with van der Waals surface area (Å²) in [6, 6.07) is 13.8. The van der Waals surface area contributed by atoms with Crippen LogP contribution in [0.5, 0.6) is 0 Å². The zero-order chi connectivity index (χ0) is 15.3. The Kier molecular flexibility index (Phi) is 3.31. The normalized spacial score (nSPS) is 22.5. The highest BCUT2D eigenvalue weighted by atomic mass is 79.9. The molecule has 4 rings (SSSR count). The minimum absolute atomic E-state index is 0.0769. The van der Waals surface area contributed by atoms with Gasteiger partial charge in [0.25, 0.3) is 5.91 Å². The Bertz CT molecular complexity index is 744. The van der Waals surface area contributed by atoms with E-state index in [-0.39, 0.29) is 11.9 Å². The van der Waals surface area contributed by atoms with Crippen molar-refractivity contribution in [2.75, 3.05) is 11.4 Å². The number of amides is 1. The van der Waals surface area contributed by atoms with Crippen molar-refractivity contribution in [2.24, 2.45) is 5.73 Å². The number of hydrogen-bond acceptors (Lipinski definition) is 2. The number of anilines is 1. The summed E-state index contributed by atoms with van der Waals surface area (Å²) in [7, 11) is 0. The van der Waals surface area contributed by atoms with Gasteiger partial charge in [-0.15, -0.1) is 0 Å². The molecule has 2 aliphatic rings. The van der Waals surface area contributed by atoms with E-state index in [1.165, 1.54) is 11.1 Å². The minimum atomic E-state index is 0.0769. The topological polar surface area (TPSA) is 46.3 Å². The van der Waals surface area contributed by atoms with Gasteiger partial charge in [-0.3, -0.25) is 4.79 Å². The number of rotatable bonds is 1. The van der Waals surface area contributed by atoms with E-state index in [0.29, 0.717) is 5.92 Å². The third kappa shape index (κ3) is 2.09. The molecule has 2 atom stereocenters. The van der Waals surface area contributed by atoms with Crippen molar-refractivity contribution in [3.05, 3.63) is 63.6 Å². The maximum atomic E-state index is 12.9. The molecule has 22 heavy (non-hydrogen) atoms. The summed E-state index contributed by atoms with van der Waals surface area (Å²) in [5, 5.41) is 0. The van der Waals surface area contributed by atoms with Gasteiger partial charge >= 0.3 is 0 Å². The number of nitrogens with two attached hydrogens (primary N) is 1. The largest absolute Gasteiger partial charge is 0.327 e. The molecule has 2 aromatic rings. The number of hydrogen-bond donors (Lipinski definition) is 1. The Morgan fingerprint density at radius 1 is 1.18 bits per heavy atom. The fourth-order valence-electron chi connectivity index (χ4n) is 3.77. The molecule has 0 bridgehead atoms. The maximum absolute atomic E-state index is 12.9. The van der Waals surface area contributed by atoms with E-state index < -0.39 is 0 Å². The van der Waals surface area contributed by atoms with Crippen LogP contribution in [0.2, 0.25) is 0 Å². The molecule has 0 fully saturated rings. The second-order valence-corrected chi connectivity index (χ2v) is 6.99. The third-order valence-corrected chi connectivity index (χ3v) is 5.44. The van der Waals surface area contributed by atoms with Gasteiger partial charge < -0.3 is 10.6 Å². The van der Waals surface area contributed by atoms with Crippen molar-refractivity contribution < 1.29 is 4.79 Å². The molecule has 0 spiro atoms. The van der Waals surface area contributed by atoms with E-state index in [0.717, 1.165) is 35.1 Å².